The van der Waals surface area contributed by atoms with Gasteiger partial charge in [-0.15, -0.1) is 0 Å². The normalized spacial score (nSPS) is 10.8. The van der Waals surface area contributed by atoms with Crippen molar-refractivity contribution in [2.75, 3.05) is 6.61 Å². The molecule has 0 atom stereocenters. The van der Waals surface area contributed by atoms with Crippen molar-refractivity contribution in [2.45, 2.75) is 39.7 Å². The van der Waals surface area contributed by atoms with Crippen LogP contribution < -0.4 is 10.1 Å². The minimum absolute atomic E-state index is 0.0502. The highest BCUT2D eigenvalue weighted by atomic mass is 19.1. The number of hydrogen-bond acceptors (Lipinski definition) is 2. The van der Waals surface area contributed by atoms with Gasteiger partial charge in [-0.3, -0.25) is 4.79 Å². The van der Waals surface area contributed by atoms with E-state index < -0.39 is 5.82 Å². The smallest absolute Gasteiger partial charge is 0.258 e. The van der Waals surface area contributed by atoms with E-state index in [1.807, 2.05) is 33.8 Å². The molecule has 0 aliphatic rings. The van der Waals surface area contributed by atoms with Crippen molar-refractivity contribution in [2.24, 2.45) is 0 Å². The van der Waals surface area contributed by atoms with E-state index in [2.05, 4.69) is 5.32 Å². The fourth-order valence-electron chi connectivity index (χ4n) is 1.50. The molecule has 0 fully saturated rings. The van der Waals surface area contributed by atoms with E-state index in [1.54, 1.807) is 6.07 Å². The van der Waals surface area contributed by atoms with Crippen molar-refractivity contribution in [3.05, 3.63) is 29.6 Å². The second kappa shape index (κ2) is 6.38. The lowest BCUT2D eigenvalue weighted by Crippen LogP contribution is -2.34. The van der Waals surface area contributed by atoms with Crippen LogP contribution in [0.1, 0.15) is 39.2 Å². The van der Waals surface area contributed by atoms with E-state index in [0.717, 1.165) is 5.56 Å². The molecule has 1 N–H and O–H groups in total. The molecule has 0 unspecified atom stereocenters. The van der Waals surface area contributed by atoms with Gasteiger partial charge in [-0.25, -0.2) is 4.39 Å². The summed E-state index contributed by atoms with van der Waals surface area (Å²) in [7, 11) is 0. The van der Waals surface area contributed by atoms with Crippen LogP contribution in [0.5, 0.6) is 5.75 Å². The fraction of sp³-hybridized carbons (Fsp3) is 0.500. The van der Waals surface area contributed by atoms with Crippen molar-refractivity contribution in [1.82, 2.24) is 5.32 Å². The summed E-state index contributed by atoms with van der Waals surface area (Å²) in [6.45, 7) is 7.53. The van der Waals surface area contributed by atoms with Gasteiger partial charge in [-0.2, -0.15) is 0 Å². The van der Waals surface area contributed by atoms with Crippen LogP contribution in [0.4, 0.5) is 4.39 Å². The summed E-state index contributed by atoms with van der Waals surface area (Å²) < 4.78 is 18.8. The molecular weight excluding hydrogens is 233 g/mol. The molecule has 0 saturated heterocycles. The SMILES string of the molecule is CC(C)NC(=O)COc1ccc(C(C)C)cc1F. The van der Waals surface area contributed by atoms with Crippen LogP contribution in [-0.4, -0.2) is 18.6 Å². The Morgan fingerprint density at radius 1 is 1.33 bits per heavy atom. The zero-order chi connectivity index (χ0) is 13.7. The topological polar surface area (TPSA) is 38.3 Å². The van der Waals surface area contributed by atoms with Gasteiger partial charge in [0.2, 0.25) is 0 Å². The lowest BCUT2D eigenvalue weighted by molar-refractivity contribution is -0.123. The second-order valence-electron chi connectivity index (χ2n) is 4.86. The summed E-state index contributed by atoms with van der Waals surface area (Å²) in [4.78, 5) is 11.4. The molecule has 18 heavy (non-hydrogen) atoms. The van der Waals surface area contributed by atoms with Gasteiger partial charge in [0.15, 0.2) is 18.2 Å². The van der Waals surface area contributed by atoms with Gasteiger partial charge in [0.1, 0.15) is 0 Å². The number of rotatable bonds is 5. The molecule has 0 saturated carbocycles. The first-order valence-corrected chi connectivity index (χ1v) is 6.11. The van der Waals surface area contributed by atoms with E-state index in [9.17, 15) is 9.18 Å². The van der Waals surface area contributed by atoms with E-state index >= 15 is 0 Å². The molecule has 0 aliphatic carbocycles. The van der Waals surface area contributed by atoms with Gasteiger partial charge in [0, 0.05) is 6.04 Å². The Morgan fingerprint density at radius 3 is 2.50 bits per heavy atom. The Hall–Kier alpha value is -1.58. The van der Waals surface area contributed by atoms with Crippen LogP contribution in [0.15, 0.2) is 18.2 Å². The summed E-state index contributed by atoms with van der Waals surface area (Å²) in [5.41, 5.74) is 0.909. The number of benzene rings is 1. The highest BCUT2D eigenvalue weighted by molar-refractivity contribution is 5.77. The molecule has 0 bridgehead atoms. The molecule has 0 aromatic heterocycles. The minimum atomic E-state index is -0.432. The Morgan fingerprint density at radius 2 is 2.00 bits per heavy atom. The van der Waals surface area contributed by atoms with Crippen molar-refractivity contribution >= 4 is 5.91 Å². The monoisotopic (exact) mass is 253 g/mol. The van der Waals surface area contributed by atoms with Crippen LogP contribution in [0.2, 0.25) is 0 Å². The Bertz CT molecular complexity index is 416. The number of halogens is 1. The van der Waals surface area contributed by atoms with Crippen LogP contribution in [0.3, 0.4) is 0 Å². The maximum Gasteiger partial charge on any atom is 0.258 e. The third kappa shape index (κ3) is 4.35. The van der Waals surface area contributed by atoms with Crippen molar-refractivity contribution in [1.29, 1.82) is 0 Å². The zero-order valence-corrected chi connectivity index (χ0v) is 11.3. The first-order valence-electron chi connectivity index (χ1n) is 6.11. The average Bonchev–Trinajstić information content (AvgIpc) is 2.26. The summed E-state index contributed by atoms with van der Waals surface area (Å²) in [5.74, 6) is -0.313. The number of amides is 1. The molecule has 1 rings (SSSR count). The first-order chi connectivity index (χ1) is 8.40. The quantitative estimate of drug-likeness (QED) is 0.876. The maximum atomic E-state index is 13.7. The third-order valence-corrected chi connectivity index (χ3v) is 2.43. The highest BCUT2D eigenvalue weighted by Crippen LogP contribution is 2.22. The van der Waals surface area contributed by atoms with Gasteiger partial charge in [-0.1, -0.05) is 19.9 Å². The average molecular weight is 253 g/mol. The van der Waals surface area contributed by atoms with E-state index in [4.69, 9.17) is 4.74 Å². The van der Waals surface area contributed by atoms with Crippen LogP contribution in [-0.2, 0) is 4.79 Å². The van der Waals surface area contributed by atoms with Crippen molar-refractivity contribution < 1.29 is 13.9 Å². The molecule has 1 amide bonds. The zero-order valence-electron chi connectivity index (χ0n) is 11.3. The molecule has 0 aliphatic heterocycles. The Kier molecular flexibility index (Phi) is 5.13. The maximum absolute atomic E-state index is 13.7. The molecule has 0 spiro atoms. The number of carbonyl (C=O) groups is 1. The number of ether oxygens (including phenoxy) is 1. The number of nitrogens with one attached hydrogen (secondary N) is 1. The first kappa shape index (κ1) is 14.5. The van der Waals surface area contributed by atoms with E-state index in [1.165, 1.54) is 6.07 Å². The molecule has 0 radical (unpaired) electrons. The Balaban J connectivity index is 2.60. The molecule has 3 nitrogen and oxygen atoms in total. The lowest BCUT2D eigenvalue weighted by Gasteiger charge is -2.11. The largest absolute Gasteiger partial charge is 0.481 e. The summed E-state index contributed by atoms with van der Waals surface area (Å²) in [6, 6.07) is 4.87. The molecular formula is C14H20FNO2. The summed E-state index contributed by atoms with van der Waals surface area (Å²) in [5, 5.41) is 2.68. The predicted molar refractivity (Wildman–Crippen MR) is 69.3 cm³/mol. The third-order valence-electron chi connectivity index (χ3n) is 2.43. The van der Waals surface area contributed by atoms with Gasteiger partial charge in [0.25, 0.3) is 5.91 Å². The van der Waals surface area contributed by atoms with Gasteiger partial charge in [0.05, 0.1) is 0 Å². The van der Waals surface area contributed by atoms with Crippen molar-refractivity contribution in [3.63, 3.8) is 0 Å². The van der Waals surface area contributed by atoms with Crippen LogP contribution in [0.25, 0.3) is 0 Å². The molecule has 100 valence electrons. The number of hydrogen-bond donors (Lipinski definition) is 1. The number of carbonyl (C=O) groups excluding carboxylic acids is 1. The summed E-state index contributed by atoms with van der Waals surface area (Å²) in [6.07, 6.45) is 0. The fourth-order valence-corrected chi connectivity index (χ4v) is 1.50. The van der Waals surface area contributed by atoms with Gasteiger partial charge < -0.3 is 10.1 Å². The molecule has 0 heterocycles. The van der Waals surface area contributed by atoms with Crippen LogP contribution in [0, 0.1) is 5.82 Å². The molecule has 1 aromatic carbocycles. The molecule has 4 heteroatoms. The minimum Gasteiger partial charge on any atom is -0.481 e. The van der Waals surface area contributed by atoms with E-state index in [-0.39, 0.29) is 30.2 Å². The highest BCUT2D eigenvalue weighted by Gasteiger charge is 2.09. The van der Waals surface area contributed by atoms with Crippen molar-refractivity contribution in [3.8, 4) is 5.75 Å². The van der Waals surface area contributed by atoms with E-state index in [0.29, 0.717) is 0 Å². The second-order valence-corrected chi connectivity index (χ2v) is 4.86. The lowest BCUT2D eigenvalue weighted by atomic mass is 10.0. The van der Waals surface area contributed by atoms with Gasteiger partial charge >= 0.3 is 0 Å². The van der Waals surface area contributed by atoms with Crippen LogP contribution >= 0.6 is 0 Å². The standard InChI is InChI=1S/C14H20FNO2/c1-9(2)11-5-6-13(12(15)7-11)18-8-14(17)16-10(3)4/h5-7,9-10H,8H2,1-4H3,(H,16,17). The summed E-state index contributed by atoms with van der Waals surface area (Å²) >= 11 is 0. The Labute approximate surface area is 107 Å². The van der Waals surface area contributed by atoms with Gasteiger partial charge in [-0.05, 0) is 37.5 Å². The predicted octanol–water partition coefficient (Wildman–Crippen LogP) is 2.85. The molecule has 1 aromatic rings.